The number of Topliss-reactive ketones (excluding diaryl/α,β-unsaturated/α-hetero) is 2. The van der Waals surface area contributed by atoms with Crippen LogP contribution in [0.25, 0.3) is 0 Å². The molecular weight excluding hydrogens is 883 g/mol. The fraction of sp³-hybridized carbons (Fsp3) is 0.717. The third kappa shape index (κ3) is 14.2. The monoisotopic (exact) mass is 966 g/mol. The van der Waals surface area contributed by atoms with Crippen LogP contribution in [-0.4, -0.2) is 135 Å². The summed E-state index contributed by atoms with van der Waals surface area (Å²) in [4.78, 5) is 58.8. The molecule has 0 spiro atoms. The van der Waals surface area contributed by atoms with Crippen LogP contribution in [0.3, 0.4) is 0 Å². The fourth-order valence-electron chi connectivity index (χ4n) is 10.6. The van der Waals surface area contributed by atoms with E-state index in [0.717, 1.165) is 35.3 Å². The number of rotatable bonds is 7. The van der Waals surface area contributed by atoms with Crippen molar-refractivity contribution in [2.24, 2.45) is 35.5 Å². The van der Waals surface area contributed by atoms with Gasteiger partial charge in [0.05, 0.1) is 24.4 Å². The zero-order valence-electron chi connectivity index (χ0n) is 44.6. The predicted octanol–water partition coefficient (Wildman–Crippen LogP) is 7.03. The third-order valence-corrected chi connectivity index (χ3v) is 15.1. The Morgan fingerprint density at radius 2 is 1.71 bits per heavy atom. The van der Waals surface area contributed by atoms with Crippen molar-refractivity contribution in [3.63, 3.8) is 0 Å². The second-order valence-electron chi connectivity index (χ2n) is 20.2. The summed E-state index contributed by atoms with van der Waals surface area (Å²) in [6.07, 6.45) is 10.6. The highest BCUT2D eigenvalue weighted by atomic mass is 16.6. The molecule has 1 saturated carbocycles. The number of nitrogens with zero attached hydrogens (tertiary/aromatic N) is 5. The van der Waals surface area contributed by atoms with Gasteiger partial charge in [-0.1, -0.05) is 77.7 Å². The maximum absolute atomic E-state index is 14.6. The lowest BCUT2D eigenvalue weighted by atomic mass is 9.77. The van der Waals surface area contributed by atoms with Gasteiger partial charge >= 0.3 is 5.97 Å². The Morgan fingerprint density at radius 3 is 2.39 bits per heavy atom. The van der Waals surface area contributed by atoms with Crippen molar-refractivity contribution in [2.75, 3.05) is 27.9 Å². The Kier molecular flexibility index (Phi) is 19.7. The standard InChI is InChI=1S/C53H81N5O11/c1-32-17-13-12-14-18-33(2)45(65-9)29-41-22-20-38(7)53(64,69-41)50(61)51(62)57-24-16-15-19-43(57)52(63)68-46(36(5)27-40-21-23-42(47(28-40)66-10)58-31-54-55-56-58)30-44(59)35(4)26-37(6)48(60)49(67-11)39(8)34(3)25-32/h12-14,17-18,26,31-32,34-36,38,40-43,45-49,60,64H,8,15-16,19-25,27-30H2,1-7,9-11H3/b14-12+,17-13+,33-18+,37-26+/t32-,34-,35-,36-,38-,40+,41+,42+,43+,45+,46+,47-,48-,49+,53-/m1/s1/i20D2. The first-order valence-electron chi connectivity index (χ1n) is 25.9. The molecule has 4 heterocycles. The van der Waals surface area contributed by atoms with Crippen LogP contribution in [0.15, 0.2) is 66.1 Å². The maximum atomic E-state index is 14.6. The number of tetrazole rings is 1. The summed E-state index contributed by atoms with van der Waals surface area (Å²) in [5.41, 5.74) is 2.03. The van der Waals surface area contributed by atoms with Gasteiger partial charge in [0.2, 0.25) is 5.79 Å². The number of aliphatic hydroxyl groups excluding tert-OH is 1. The molecule has 2 saturated heterocycles. The van der Waals surface area contributed by atoms with Crippen molar-refractivity contribution in [1.82, 2.24) is 25.1 Å². The average Bonchev–Trinajstić information content (AvgIpc) is 3.88. The zero-order chi connectivity index (χ0) is 52.4. The van der Waals surface area contributed by atoms with E-state index in [-0.39, 0.29) is 73.8 Å². The molecule has 16 nitrogen and oxygen atoms in total. The third-order valence-electron chi connectivity index (χ3n) is 15.1. The summed E-state index contributed by atoms with van der Waals surface area (Å²) >= 11 is 0. The topological polar surface area (TPSA) is 202 Å². The summed E-state index contributed by atoms with van der Waals surface area (Å²) in [5.74, 6) is -8.70. The van der Waals surface area contributed by atoms with Crippen LogP contribution in [0.5, 0.6) is 0 Å². The molecule has 4 aliphatic rings. The van der Waals surface area contributed by atoms with Gasteiger partial charge < -0.3 is 38.8 Å². The van der Waals surface area contributed by atoms with Crippen molar-refractivity contribution in [3.8, 4) is 0 Å². The number of ketones is 2. The second kappa shape index (κ2) is 25.8. The number of amides is 1. The van der Waals surface area contributed by atoms with Crippen LogP contribution >= 0.6 is 0 Å². The van der Waals surface area contributed by atoms with Gasteiger partial charge in [0, 0.05) is 55.3 Å². The van der Waals surface area contributed by atoms with Crippen LogP contribution in [0, 0.1) is 35.5 Å². The van der Waals surface area contributed by atoms with E-state index in [1.165, 1.54) is 21.1 Å². The van der Waals surface area contributed by atoms with Crippen molar-refractivity contribution >= 4 is 23.4 Å². The molecule has 1 aliphatic carbocycles. The van der Waals surface area contributed by atoms with Crippen LogP contribution in [-0.2, 0) is 42.9 Å². The van der Waals surface area contributed by atoms with Gasteiger partial charge in [0.1, 0.15) is 36.5 Å². The van der Waals surface area contributed by atoms with Crippen LogP contribution in [0.2, 0.25) is 0 Å². The molecule has 0 unspecified atom stereocenters. The van der Waals surface area contributed by atoms with E-state index in [4.69, 9.17) is 26.4 Å². The van der Waals surface area contributed by atoms with E-state index < -0.39 is 78.2 Å². The number of carbonyl (C=O) groups is 4. The molecule has 3 aliphatic heterocycles. The van der Waals surface area contributed by atoms with Gasteiger partial charge in [-0.15, -0.1) is 5.10 Å². The first-order chi connectivity index (χ1) is 33.6. The molecule has 1 aromatic rings. The molecule has 69 heavy (non-hydrogen) atoms. The number of hydrogen-bond donors (Lipinski definition) is 2. The lowest BCUT2D eigenvalue weighted by molar-refractivity contribution is -0.265. The molecule has 3 fully saturated rings. The molecule has 384 valence electrons. The highest BCUT2D eigenvalue weighted by Gasteiger charge is 2.53. The summed E-state index contributed by atoms with van der Waals surface area (Å²) in [5, 5.41) is 35.5. The van der Waals surface area contributed by atoms with Gasteiger partial charge in [-0.25, -0.2) is 9.48 Å². The first-order valence-corrected chi connectivity index (χ1v) is 24.9. The molecule has 2 bridgehead atoms. The van der Waals surface area contributed by atoms with Crippen molar-refractivity contribution in [3.05, 3.63) is 66.1 Å². The number of piperidine rings is 1. The molecule has 1 aromatic heterocycles. The Labute approximate surface area is 412 Å². The van der Waals surface area contributed by atoms with E-state index >= 15 is 0 Å². The molecule has 0 radical (unpaired) electrons. The summed E-state index contributed by atoms with van der Waals surface area (Å²) in [6.45, 7) is 17.1. The Morgan fingerprint density at radius 1 is 0.957 bits per heavy atom. The summed E-state index contributed by atoms with van der Waals surface area (Å²) in [7, 11) is 4.69. The van der Waals surface area contributed by atoms with Crippen molar-refractivity contribution in [1.29, 1.82) is 0 Å². The van der Waals surface area contributed by atoms with Crippen molar-refractivity contribution < 1.29 is 55.8 Å². The number of ether oxygens (including phenoxy) is 5. The Balaban J connectivity index is 1.49. The Hall–Kier alpha value is -4.19. The molecule has 5 rings (SSSR count). The Bertz CT molecular complexity index is 2110. The van der Waals surface area contributed by atoms with E-state index in [2.05, 4.69) is 35.1 Å². The number of cyclic esters (lactones) is 1. The maximum Gasteiger partial charge on any atom is 0.329 e. The molecule has 15 atom stereocenters. The number of esters is 1. The van der Waals surface area contributed by atoms with Gasteiger partial charge in [0.15, 0.2) is 0 Å². The number of fused-ring (bicyclic) bond motifs is 3. The SMILES string of the molecule is [2H]C1([2H])C[C@H]2C[C@H](OC)/C(C)=C/C=C/C=C/[C@@H](C)C[C@@H](C)C(=C)[C@H](OC)[C@H](O)/C(C)=C/[C@@H](C)C(=O)C[C@@H]([C@H](C)C[C@@H]3CC[C@H](n4cnnn4)[C@H](OC)C3)OC(=O)[C@@H]3CCCCN3C(=O)C(=O)[C@](O)(O2)[C@@H]1C. The molecule has 0 aromatic carbocycles. The van der Waals surface area contributed by atoms with E-state index in [1.54, 1.807) is 38.0 Å². The zero-order valence-corrected chi connectivity index (χ0v) is 42.6. The number of carbonyl (C=O) groups excluding carboxylic acids is 4. The summed E-state index contributed by atoms with van der Waals surface area (Å²) in [6, 6.07) is -1.29. The average molecular weight is 966 g/mol. The quantitative estimate of drug-likeness (QED) is 0.160. The number of methoxy groups -OCH3 is 3. The highest BCUT2D eigenvalue weighted by Crippen LogP contribution is 2.39. The van der Waals surface area contributed by atoms with E-state index in [1.807, 2.05) is 45.1 Å². The van der Waals surface area contributed by atoms with Gasteiger partial charge in [-0.2, -0.15) is 0 Å². The normalized spacial score (nSPS) is 39.9. The van der Waals surface area contributed by atoms with Crippen LogP contribution in [0.4, 0.5) is 0 Å². The summed E-state index contributed by atoms with van der Waals surface area (Å²) < 4.78 is 49.6. The van der Waals surface area contributed by atoms with Crippen molar-refractivity contribution in [2.45, 2.75) is 180 Å². The smallest absolute Gasteiger partial charge is 0.329 e. The van der Waals surface area contributed by atoms with Gasteiger partial charge in [0.25, 0.3) is 11.7 Å². The highest BCUT2D eigenvalue weighted by molar-refractivity contribution is 6.39. The first kappa shape index (κ1) is 52.6. The van der Waals surface area contributed by atoms with Gasteiger partial charge in [-0.3, -0.25) is 14.4 Å². The molecule has 16 heteroatoms. The minimum atomic E-state index is -2.86. The molecule has 1 amide bonds. The lowest BCUT2D eigenvalue weighted by Gasteiger charge is -2.42. The minimum absolute atomic E-state index is 0.00166. The fourth-order valence-corrected chi connectivity index (χ4v) is 10.6. The number of aromatic nitrogens is 4. The largest absolute Gasteiger partial charge is 0.460 e. The second-order valence-corrected chi connectivity index (χ2v) is 20.2. The predicted molar refractivity (Wildman–Crippen MR) is 260 cm³/mol. The number of allylic oxidation sites excluding steroid dienone is 6. The van der Waals surface area contributed by atoms with E-state index in [9.17, 15) is 29.4 Å². The number of hydrogen-bond acceptors (Lipinski definition) is 14. The van der Waals surface area contributed by atoms with Crippen LogP contribution in [0.1, 0.15) is 134 Å². The van der Waals surface area contributed by atoms with E-state index in [0.29, 0.717) is 31.3 Å². The molecule has 2 N–H and O–H groups in total. The van der Waals surface area contributed by atoms with Crippen LogP contribution < -0.4 is 0 Å². The molecular formula is C53H81N5O11. The van der Waals surface area contributed by atoms with Gasteiger partial charge in [-0.05, 0) is 129 Å². The minimum Gasteiger partial charge on any atom is -0.460 e. The number of aliphatic hydroxyl groups is 2. The lowest BCUT2D eigenvalue weighted by Crippen LogP contribution is -2.61.